The molecule has 0 amide bonds. The quantitative estimate of drug-likeness (QED) is 0.177. The largest absolute Gasteiger partial charge is 0.456 e. The molecule has 1 spiro atoms. The van der Waals surface area contributed by atoms with Crippen LogP contribution in [0.3, 0.4) is 0 Å². The second-order valence-electron chi connectivity index (χ2n) is 14.3. The highest BCUT2D eigenvalue weighted by Gasteiger charge is 2.52. The average Bonchev–Trinajstić information content (AvgIpc) is 3.59. The third-order valence-electron chi connectivity index (χ3n) is 11.2. The van der Waals surface area contributed by atoms with Crippen molar-refractivity contribution < 1.29 is 4.42 Å². The highest BCUT2D eigenvalue weighted by Crippen LogP contribution is 2.63. The van der Waals surface area contributed by atoms with E-state index in [1.165, 1.54) is 50.1 Å². The molecule has 1 unspecified atom stereocenters. The van der Waals surface area contributed by atoms with Crippen molar-refractivity contribution in [3.8, 4) is 22.3 Å². The smallest absolute Gasteiger partial charge is 0.200 e. The topological polar surface area (TPSA) is 33.5 Å². The minimum Gasteiger partial charge on any atom is -0.456 e. The molecule has 3 heteroatoms. The molecular formula is C48H35NO2. The van der Waals surface area contributed by atoms with E-state index in [4.69, 9.17) is 4.42 Å². The lowest BCUT2D eigenvalue weighted by Gasteiger charge is -2.33. The lowest BCUT2D eigenvalue weighted by Crippen LogP contribution is -2.26. The van der Waals surface area contributed by atoms with E-state index in [1.807, 2.05) is 24.3 Å². The first-order chi connectivity index (χ1) is 24.8. The maximum atomic E-state index is 13.9. The second-order valence-corrected chi connectivity index (χ2v) is 14.3. The summed E-state index contributed by atoms with van der Waals surface area (Å²) in [5.41, 5.74) is 18.5. The monoisotopic (exact) mass is 657 g/mol. The summed E-state index contributed by atoms with van der Waals surface area (Å²) in [6.07, 6.45) is 0. The summed E-state index contributed by atoms with van der Waals surface area (Å²) in [4.78, 5) is 16.4. The number of anilines is 3. The molecule has 10 rings (SSSR count). The van der Waals surface area contributed by atoms with E-state index in [9.17, 15) is 4.79 Å². The zero-order valence-electron chi connectivity index (χ0n) is 29.0. The molecule has 0 N–H and O–H groups in total. The van der Waals surface area contributed by atoms with Crippen LogP contribution < -0.4 is 10.3 Å². The first kappa shape index (κ1) is 29.7. The first-order valence-corrected chi connectivity index (χ1v) is 17.6. The fourth-order valence-electron chi connectivity index (χ4n) is 9.08. The van der Waals surface area contributed by atoms with Gasteiger partial charge in [0.1, 0.15) is 11.2 Å². The SMILES string of the molecule is Cc1ccc(N(c2ccc3c(c2)C2(c4ccccc4-3)c3ccccc3-c3cc4c(=O)c5ccccc5oc4cc32)c2ccc(C)cc2C)c(C)c1. The number of hydrogen-bond acceptors (Lipinski definition) is 3. The van der Waals surface area contributed by atoms with Crippen LogP contribution in [0, 0.1) is 27.7 Å². The Morgan fingerprint density at radius 1 is 0.471 bits per heavy atom. The van der Waals surface area contributed by atoms with Crippen LogP contribution in [0.5, 0.6) is 0 Å². The predicted octanol–water partition coefficient (Wildman–Crippen LogP) is 12.0. The summed E-state index contributed by atoms with van der Waals surface area (Å²) in [6.45, 7) is 8.71. The van der Waals surface area contributed by atoms with E-state index < -0.39 is 5.41 Å². The van der Waals surface area contributed by atoms with Crippen molar-refractivity contribution in [3.63, 3.8) is 0 Å². The van der Waals surface area contributed by atoms with Gasteiger partial charge in [-0.15, -0.1) is 0 Å². The average molecular weight is 658 g/mol. The Labute approximate surface area is 297 Å². The minimum atomic E-state index is -0.609. The normalized spacial score (nSPS) is 15.2. The van der Waals surface area contributed by atoms with Gasteiger partial charge < -0.3 is 9.32 Å². The number of hydrogen-bond donors (Lipinski definition) is 0. The highest BCUT2D eigenvalue weighted by molar-refractivity contribution is 6.01. The third kappa shape index (κ3) is 4.03. The molecule has 2 aliphatic rings. The maximum absolute atomic E-state index is 13.9. The molecule has 1 heterocycles. The van der Waals surface area contributed by atoms with Crippen molar-refractivity contribution in [3.05, 3.63) is 194 Å². The van der Waals surface area contributed by atoms with Crippen LogP contribution >= 0.6 is 0 Å². The van der Waals surface area contributed by atoms with Gasteiger partial charge in [-0.25, -0.2) is 0 Å². The second kappa shape index (κ2) is 10.7. The van der Waals surface area contributed by atoms with Crippen LogP contribution in [0.15, 0.2) is 149 Å². The molecule has 8 aromatic rings. The molecule has 2 aliphatic carbocycles. The zero-order chi connectivity index (χ0) is 34.6. The lowest BCUT2D eigenvalue weighted by atomic mass is 9.70. The van der Waals surface area contributed by atoms with Crippen LogP contribution in [0.25, 0.3) is 44.2 Å². The molecular weight excluding hydrogens is 623 g/mol. The Bertz CT molecular complexity index is 2790. The van der Waals surface area contributed by atoms with Gasteiger partial charge in [-0.1, -0.05) is 102 Å². The van der Waals surface area contributed by atoms with Crippen molar-refractivity contribution in [2.75, 3.05) is 4.90 Å². The van der Waals surface area contributed by atoms with Gasteiger partial charge in [0.2, 0.25) is 5.43 Å². The fourth-order valence-corrected chi connectivity index (χ4v) is 9.08. The molecule has 0 radical (unpaired) electrons. The van der Waals surface area contributed by atoms with Crippen LogP contribution in [0.1, 0.15) is 44.5 Å². The molecule has 1 aromatic heterocycles. The van der Waals surface area contributed by atoms with Gasteiger partial charge in [-0.2, -0.15) is 0 Å². The standard InChI is InChI=1S/C48H35NO2/c1-28-17-21-43(30(3)23-28)49(44-22-18-29(2)24-31(44)4)32-19-20-35-33-11-5-8-14-39(33)48(41(35)25-32)40-15-9-6-12-34(40)37-26-38-46(27-42(37)48)51-45-16-10-7-13-36(45)47(38)50/h5-27H,1-4H3. The Hall–Kier alpha value is -6.19. The Kier molecular flexibility index (Phi) is 6.21. The molecule has 0 bridgehead atoms. The Morgan fingerprint density at radius 3 is 1.71 bits per heavy atom. The van der Waals surface area contributed by atoms with Gasteiger partial charge in [-0.05, 0) is 132 Å². The first-order valence-electron chi connectivity index (χ1n) is 17.6. The van der Waals surface area contributed by atoms with Crippen LogP contribution in [0.2, 0.25) is 0 Å². The summed E-state index contributed by atoms with van der Waals surface area (Å²) < 4.78 is 6.54. The van der Waals surface area contributed by atoms with Gasteiger partial charge in [0.25, 0.3) is 0 Å². The van der Waals surface area contributed by atoms with Crippen LogP contribution in [-0.4, -0.2) is 0 Å². The molecule has 3 nitrogen and oxygen atoms in total. The van der Waals surface area contributed by atoms with Gasteiger partial charge in [0.15, 0.2) is 0 Å². The minimum absolute atomic E-state index is 0.000154. The van der Waals surface area contributed by atoms with Crippen LogP contribution in [0.4, 0.5) is 17.1 Å². The maximum Gasteiger partial charge on any atom is 0.200 e. The molecule has 0 fully saturated rings. The zero-order valence-corrected chi connectivity index (χ0v) is 29.0. The molecule has 1 atom stereocenters. The van der Waals surface area contributed by atoms with Gasteiger partial charge >= 0.3 is 0 Å². The summed E-state index contributed by atoms with van der Waals surface area (Å²) >= 11 is 0. The summed E-state index contributed by atoms with van der Waals surface area (Å²) in [5, 5.41) is 1.21. The third-order valence-corrected chi connectivity index (χ3v) is 11.2. The van der Waals surface area contributed by atoms with Gasteiger partial charge in [0.05, 0.1) is 16.2 Å². The van der Waals surface area contributed by atoms with Gasteiger partial charge in [-0.3, -0.25) is 4.79 Å². The number of nitrogens with zero attached hydrogens (tertiary/aromatic N) is 1. The lowest BCUT2D eigenvalue weighted by molar-refractivity contribution is 0.657. The fraction of sp³-hybridized carbons (Fsp3) is 0.104. The van der Waals surface area contributed by atoms with Crippen LogP contribution in [-0.2, 0) is 5.41 Å². The number of fused-ring (bicyclic) bond motifs is 12. The van der Waals surface area contributed by atoms with Crippen molar-refractivity contribution in [2.45, 2.75) is 33.1 Å². The summed E-state index contributed by atoms with van der Waals surface area (Å²) in [5.74, 6) is 0. The number of aryl methyl sites for hydroxylation is 4. The molecule has 7 aromatic carbocycles. The molecule has 51 heavy (non-hydrogen) atoms. The van der Waals surface area contributed by atoms with E-state index in [0.717, 1.165) is 33.8 Å². The van der Waals surface area contributed by atoms with E-state index in [1.54, 1.807) is 0 Å². The van der Waals surface area contributed by atoms with Crippen molar-refractivity contribution in [1.82, 2.24) is 0 Å². The molecule has 244 valence electrons. The summed E-state index contributed by atoms with van der Waals surface area (Å²) in [7, 11) is 0. The van der Waals surface area contributed by atoms with E-state index >= 15 is 0 Å². The van der Waals surface area contributed by atoms with E-state index in [2.05, 4.69) is 148 Å². The Morgan fingerprint density at radius 2 is 1.04 bits per heavy atom. The van der Waals surface area contributed by atoms with Crippen molar-refractivity contribution in [2.24, 2.45) is 0 Å². The molecule has 0 saturated heterocycles. The van der Waals surface area contributed by atoms with E-state index in [0.29, 0.717) is 21.9 Å². The van der Waals surface area contributed by atoms with Gasteiger partial charge in [0, 0.05) is 17.1 Å². The summed E-state index contributed by atoms with van der Waals surface area (Å²) in [6, 6.07) is 49.8. The molecule has 0 saturated carbocycles. The van der Waals surface area contributed by atoms with E-state index in [-0.39, 0.29) is 5.43 Å². The number of para-hydroxylation sites is 1. The van der Waals surface area contributed by atoms with Crippen molar-refractivity contribution in [1.29, 1.82) is 0 Å². The molecule has 0 aliphatic heterocycles. The Balaban J connectivity index is 1.31. The number of rotatable bonds is 3. The highest BCUT2D eigenvalue weighted by atomic mass is 16.3. The number of benzene rings is 7. The predicted molar refractivity (Wildman–Crippen MR) is 210 cm³/mol. The van der Waals surface area contributed by atoms with Crippen molar-refractivity contribution >= 4 is 39.0 Å².